The molecule has 0 bridgehead atoms. The van der Waals surface area contributed by atoms with Gasteiger partial charge in [-0.25, -0.2) is 8.42 Å². The number of hydrogen-bond acceptors (Lipinski definition) is 5. The van der Waals surface area contributed by atoms with E-state index in [1.807, 2.05) is 22.4 Å². The molecule has 2 fully saturated rings. The highest BCUT2D eigenvalue weighted by atomic mass is 32.2. The highest BCUT2D eigenvalue weighted by Crippen LogP contribution is 2.37. The van der Waals surface area contributed by atoms with E-state index in [2.05, 4.69) is 4.74 Å². The molecule has 2 saturated heterocycles. The van der Waals surface area contributed by atoms with Gasteiger partial charge in [-0.1, -0.05) is 12.1 Å². The van der Waals surface area contributed by atoms with Gasteiger partial charge in [0, 0.05) is 36.5 Å². The lowest BCUT2D eigenvalue weighted by Gasteiger charge is -2.34. The van der Waals surface area contributed by atoms with E-state index in [0.717, 1.165) is 29.9 Å². The minimum absolute atomic E-state index is 0.0542. The molecule has 2 aliphatic heterocycles. The second-order valence-corrected chi connectivity index (χ2v) is 10.8. The molecule has 2 aliphatic rings. The minimum atomic E-state index is -4.91. The van der Waals surface area contributed by atoms with Crippen LogP contribution < -0.4 is 4.74 Å². The van der Waals surface area contributed by atoms with Crippen molar-refractivity contribution < 1.29 is 31.1 Å². The van der Waals surface area contributed by atoms with Gasteiger partial charge in [-0.15, -0.1) is 24.5 Å². The van der Waals surface area contributed by atoms with E-state index in [1.165, 1.54) is 16.4 Å². The molecule has 4 rings (SSSR count). The molecular formula is C21H23F3N2O4S2. The SMILES string of the molecule is O=C(C1CCN(S(=O)(=O)c2cccc(OC(F)(F)F)c2)CC1)N1CCCC1c1cccs1. The number of benzene rings is 1. The van der Waals surface area contributed by atoms with E-state index in [4.69, 9.17) is 0 Å². The molecule has 0 spiro atoms. The lowest BCUT2D eigenvalue weighted by Crippen LogP contribution is -2.44. The average molecular weight is 489 g/mol. The van der Waals surface area contributed by atoms with Gasteiger partial charge in [0.25, 0.3) is 0 Å². The van der Waals surface area contributed by atoms with Crippen molar-refractivity contribution in [3.63, 3.8) is 0 Å². The Kier molecular flexibility index (Phi) is 6.51. The molecule has 1 aromatic heterocycles. The molecule has 1 amide bonds. The maximum atomic E-state index is 13.1. The van der Waals surface area contributed by atoms with Gasteiger partial charge in [0.15, 0.2) is 0 Å². The van der Waals surface area contributed by atoms with Crippen LogP contribution in [0.5, 0.6) is 5.75 Å². The maximum absolute atomic E-state index is 13.1. The first-order valence-corrected chi connectivity index (χ1v) is 12.7. The van der Waals surface area contributed by atoms with Crippen molar-refractivity contribution in [1.29, 1.82) is 0 Å². The van der Waals surface area contributed by atoms with Crippen LogP contribution >= 0.6 is 11.3 Å². The van der Waals surface area contributed by atoms with Gasteiger partial charge >= 0.3 is 6.36 Å². The number of halogens is 3. The third-order valence-electron chi connectivity index (χ3n) is 5.89. The van der Waals surface area contributed by atoms with Gasteiger partial charge in [-0.2, -0.15) is 4.31 Å². The van der Waals surface area contributed by atoms with Gasteiger partial charge in [-0.3, -0.25) is 4.79 Å². The number of rotatable bonds is 5. The summed E-state index contributed by atoms with van der Waals surface area (Å²) in [4.78, 5) is 16.0. The summed E-state index contributed by atoms with van der Waals surface area (Å²) in [6.45, 7) is 0.979. The largest absolute Gasteiger partial charge is 0.573 e. The normalized spacial score (nSPS) is 21.1. The Morgan fingerprint density at radius 2 is 1.81 bits per heavy atom. The molecule has 1 unspecified atom stereocenters. The lowest BCUT2D eigenvalue weighted by molar-refractivity contribution is -0.274. The third-order valence-corrected chi connectivity index (χ3v) is 8.76. The predicted octanol–water partition coefficient (Wildman–Crippen LogP) is 4.41. The Hall–Kier alpha value is -2.11. The number of carbonyl (C=O) groups is 1. The molecule has 1 atom stereocenters. The van der Waals surface area contributed by atoms with Crippen molar-refractivity contribution in [2.45, 2.75) is 43.0 Å². The van der Waals surface area contributed by atoms with Gasteiger partial charge < -0.3 is 9.64 Å². The maximum Gasteiger partial charge on any atom is 0.573 e. The van der Waals surface area contributed by atoms with Crippen LogP contribution in [-0.2, 0) is 14.8 Å². The minimum Gasteiger partial charge on any atom is -0.406 e. The van der Waals surface area contributed by atoms with Crippen molar-refractivity contribution >= 4 is 27.3 Å². The standard InChI is InChI=1S/C21H23F3N2O4S2/c22-21(23,24)30-16-4-1-5-17(14-16)32(28,29)25-11-8-15(9-12-25)20(27)26-10-2-6-18(26)19-7-3-13-31-19/h1,3-5,7,13-15,18H,2,6,8-12H2. The van der Waals surface area contributed by atoms with Gasteiger partial charge in [0.2, 0.25) is 15.9 Å². The van der Waals surface area contributed by atoms with Crippen molar-refractivity contribution in [3.05, 3.63) is 46.7 Å². The van der Waals surface area contributed by atoms with Crippen LogP contribution in [-0.4, -0.2) is 49.5 Å². The van der Waals surface area contributed by atoms with E-state index in [1.54, 1.807) is 11.3 Å². The number of thiophene rings is 1. The molecule has 0 N–H and O–H groups in total. The zero-order valence-electron chi connectivity index (χ0n) is 17.1. The Morgan fingerprint density at radius 1 is 1.06 bits per heavy atom. The van der Waals surface area contributed by atoms with Gasteiger partial charge in [0.05, 0.1) is 10.9 Å². The topological polar surface area (TPSA) is 66.9 Å². The van der Waals surface area contributed by atoms with E-state index < -0.39 is 22.1 Å². The monoisotopic (exact) mass is 488 g/mol. The smallest absolute Gasteiger partial charge is 0.406 e. The number of nitrogens with zero attached hydrogens (tertiary/aromatic N) is 2. The molecule has 1 aromatic carbocycles. The van der Waals surface area contributed by atoms with Crippen molar-refractivity contribution in [1.82, 2.24) is 9.21 Å². The van der Waals surface area contributed by atoms with Crippen LogP contribution in [0, 0.1) is 5.92 Å². The third kappa shape index (κ3) is 4.94. The average Bonchev–Trinajstić information content (AvgIpc) is 3.44. The molecule has 0 radical (unpaired) electrons. The van der Waals surface area contributed by atoms with E-state index in [0.29, 0.717) is 19.4 Å². The molecule has 174 valence electrons. The first-order chi connectivity index (χ1) is 15.1. The Labute approximate surface area is 188 Å². The summed E-state index contributed by atoms with van der Waals surface area (Å²) < 4.78 is 68.4. The van der Waals surface area contributed by atoms with Crippen LogP contribution in [0.3, 0.4) is 0 Å². The van der Waals surface area contributed by atoms with Crippen LogP contribution in [0.15, 0.2) is 46.7 Å². The summed E-state index contributed by atoms with van der Waals surface area (Å²) in [6.07, 6.45) is -2.28. The number of amides is 1. The zero-order valence-corrected chi connectivity index (χ0v) is 18.8. The van der Waals surface area contributed by atoms with E-state index >= 15 is 0 Å². The fourth-order valence-corrected chi connectivity index (χ4v) is 6.74. The van der Waals surface area contributed by atoms with Gasteiger partial charge in [-0.05, 0) is 49.3 Å². The quantitative estimate of drug-likeness (QED) is 0.625. The van der Waals surface area contributed by atoms with E-state index in [-0.39, 0.29) is 35.9 Å². The molecule has 11 heteroatoms. The summed E-state index contributed by atoms with van der Waals surface area (Å²) in [5, 5.41) is 1.99. The second kappa shape index (κ2) is 9.03. The Morgan fingerprint density at radius 3 is 2.47 bits per heavy atom. The number of alkyl halides is 3. The number of sulfonamides is 1. The van der Waals surface area contributed by atoms with E-state index in [9.17, 15) is 26.4 Å². The predicted molar refractivity (Wildman–Crippen MR) is 113 cm³/mol. The summed E-state index contributed by atoms with van der Waals surface area (Å²) in [5.41, 5.74) is 0. The first-order valence-electron chi connectivity index (χ1n) is 10.3. The molecule has 0 aliphatic carbocycles. The Balaban J connectivity index is 1.41. The molecule has 0 saturated carbocycles. The molecular weight excluding hydrogens is 465 g/mol. The number of hydrogen-bond donors (Lipinski definition) is 0. The number of carbonyl (C=O) groups excluding carboxylic acids is 1. The number of likely N-dealkylation sites (tertiary alicyclic amines) is 1. The highest BCUT2D eigenvalue weighted by Gasteiger charge is 2.38. The number of ether oxygens (including phenoxy) is 1. The summed E-state index contributed by atoms with van der Waals surface area (Å²) in [7, 11) is -3.99. The fraction of sp³-hybridized carbons (Fsp3) is 0.476. The summed E-state index contributed by atoms with van der Waals surface area (Å²) in [5.74, 6) is -0.794. The second-order valence-electron chi connectivity index (χ2n) is 7.91. The van der Waals surface area contributed by atoms with Crippen LogP contribution in [0.1, 0.15) is 36.6 Å². The lowest BCUT2D eigenvalue weighted by atomic mass is 9.96. The molecule has 3 heterocycles. The van der Waals surface area contributed by atoms with Crippen LogP contribution in [0.25, 0.3) is 0 Å². The zero-order chi connectivity index (χ0) is 22.9. The molecule has 2 aromatic rings. The summed E-state index contributed by atoms with van der Waals surface area (Å²) in [6, 6.07) is 8.47. The van der Waals surface area contributed by atoms with Crippen LogP contribution in [0.2, 0.25) is 0 Å². The van der Waals surface area contributed by atoms with Crippen LogP contribution in [0.4, 0.5) is 13.2 Å². The Bertz CT molecular complexity index is 1050. The van der Waals surface area contributed by atoms with Crippen molar-refractivity contribution in [3.8, 4) is 5.75 Å². The number of piperidine rings is 1. The molecule has 6 nitrogen and oxygen atoms in total. The van der Waals surface area contributed by atoms with Gasteiger partial charge in [0.1, 0.15) is 5.75 Å². The first kappa shape index (κ1) is 23.1. The van der Waals surface area contributed by atoms with Crippen molar-refractivity contribution in [2.24, 2.45) is 5.92 Å². The fourth-order valence-electron chi connectivity index (χ4n) is 4.37. The molecule has 32 heavy (non-hydrogen) atoms. The summed E-state index contributed by atoms with van der Waals surface area (Å²) >= 11 is 1.63. The highest BCUT2D eigenvalue weighted by molar-refractivity contribution is 7.89. The van der Waals surface area contributed by atoms with Crippen molar-refractivity contribution in [2.75, 3.05) is 19.6 Å².